The average Bonchev–Trinajstić information content (AvgIpc) is 2.42. The molecule has 0 fully saturated rings. The van der Waals surface area contributed by atoms with Crippen molar-refractivity contribution in [2.75, 3.05) is 0 Å². The topological polar surface area (TPSA) is 41.6 Å². The first-order valence-corrected chi connectivity index (χ1v) is 6.48. The summed E-state index contributed by atoms with van der Waals surface area (Å²) in [4.78, 5) is 12.0. The summed E-state index contributed by atoms with van der Waals surface area (Å²) in [6.45, 7) is 3.89. The van der Waals surface area contributed by atoms with Crippen molar-refractivity contribution in [1.82, 2.24) is 15.0 Å². The van der Waals surface area contributed by atoms with Crippen molar-refractivity contribution in [3.05, 3.63) is 52.6 Å². The Hall–Kier alpha value is -2.07. The van der Waals surface area contributed by atoms with E-state index in [0.29, 0.717) is 4.64 Å². The second-order valence-corrected chi connectivity index (χ2v) is 4.93. The van der Waals surface area contributed by atoms with Crippen LogP contribution in [0, 0.1) is 18.5 Å². The van der Waals surface area contributed by atoms with Gasteiger partial charge in [-0.25, -0.2) is 4.98 Å². The maximum absolute atomic E-state index is 5.27. The molecular formula is C15H13N3S. The van der Waals surface area contributed by atoms with E-state index in [2.05, 4.69) is 27.1 Å². The average molecular weight is 267 g/mol. The van der Waals surface area contributed by atoms with Crippen LogP contribution in [0.2, 0.25) is 0 Å². The number of hydrogen-bond acceptors (Lipinski definition) is 3. The Bertz CT molecular complexity index is 821. The molecule has 0 amide bonds. The van der Waals surface area contributed by atoms with Gasteiger partial charge in [-0.2, -0.15) is 0 Å². The maximum atomic E-state index is 5.27. The highest BCUT2D eigenvalue weighted by molar-refractivity contribution is 7.71. The standard InChI is InChI=1S/C15H13N3S/c1-9-14(17-10(2)18-15(9)19)12-7-11-5-3-4-6-13(11)16-8-12/h3-8H,1-2H3,(H,17,18,19). The molecule has 0 saturated carbocycles. The lowest BCUT2D eigenvalue weighted by atomic mass is 10.1. The van der Waals surface area contributed by atoms with Gasteiger partial charge in [-0.1, -0.05) is 30.4 Å². The molecule has 3 rings (SSSR count). The van der Waals surface area contributed by atoms with Gasteiger partial charge in [0, 0.05) is 22.7 Å². The Balaban J connectivity index is 2.27. The molecule has 0 bridgehead atoms. The van der Waals surface area contributed by atoms with E-state index in [9.17, 15) is 0 Å². The number of H-pyrrole nitrogens is 1. The Morgan fingerprint density at radius 1 is 1.16 bits per heavy atom. The lowest BCUT2D eigenvalue weighted by Gasteiger charge is -2.08. The largest absolute Gasteiger partial charge is 0.343 e. The van der Waals surface area contributed by atoms with Crippen LogP contribution in [0.3, 0.4) is 0 Å². The predicted molar refractivity (Wildman–Crippen MR) is 79.6 cm³/mol. The van der Waals surface area contributed by atoms with Crippen LogP contribution in [0.25, 0.3) is 22.2 Å². The molecule has 0 aliphatic rings. The van der Waals surface area contributed by atoms with E-state index < -0.39 is 0 Å². The summed E-state index contributed by atoms with van der Waals surface area (Å²) in [6.07, 6.45) is 1.87. The highest BCUT2D eigenvalue weighted by Crippen LogP contribution is 2.24. The monoisotopic (exact) mass is 267 g/mol. The van der Waals surface area contributed by atoms with Gasteiger partial charge in [-0.15, -0.1) is 0 Å². The Morgan fingerprint density at radius 3 is 2.79 bits per heavy atom. The molecular weight excluding hydrogens is 254 g/mol. The molecule has 1 aromatic carbocycles. The van der Waals surface area contributed by atoms with Crippen LogP contribution in [-0.2, 0) is 0 Å². The molecule has 0 atom stereocenters. The van der Waals surface area contributed by atoms with Crippen molar-refractivity contribution in [2.24, 2.45) is 0 Å². The van der Waals surface area contributed by atoms with Crippen molar-refractivity contribution < 1.29 is 0 Å². The zero-order valence-corrected chi connectivity index (χ0v) is 11.6. The van der Waals surface area contributed by atoms with Gasteiger partial charge in [-0.05, 0) is 26.0 Å². The summed E-state index contributed by atoms with van der Waals surface area (Å²) < 4.78 is 0.638. The predicted octanol–water partition coefficient (Wildman–Crippen LogP) is 3.97. The molecule has 0 unspecified atom stereocenters. The number of hydrogen-bond donors (Lipinski definition) is 1. The molecule has 4 heteroatoms. The van der Waals surface area contributed by atoms with E-state index in [1.807, 2.05) is 38.2 Å². The van der Waals surface area contributed by atoms with Crippen LogP contribution in [0.1, 0.15) is 11.4 Å². The van der Waals surface area contributed by atoms with Gasteiger partial charge in [0.05, 0.1) is 11.2 Å². The lowest BCUT2D eigenvalue weighted by molar-refractivity contribution is 1.02. The van der Waals surface area contributed by atoms with Gasteiger partial charge in [0.2, 0.25) is 0 Å². The maximum Gasteiger partial charge on any atom is 0.133 e. The number of aromatic amines is 1. The Morgan fingerprint density at radius 2 is 1.95 bits per heavy atom. The fourth-order valence-electron chi connectivity index (χ4n) is 2.14. The van der Waals surface area contributed by atoms with Crippen molar-refractivity contribution in [1.29, 1.82) is 0 Å². The highest BCUT2D eigenvalue weighted by Gasteiger charge is 2.07. The van der Waals surface area contributed by atoms with E-state index >= 15 is 0 Å². The van der Waals surface area contributed by atoms with Crippen LogP contribution in [0.4, 0.5) is 0 Å². The van der Waals surface area contributed by atoms with Crippen LogP contribution in [0.15, 0.2) is 36.5 Å². The minimum Gasteiger partial charge on any atom is -0.343 e. The molecule has 3 nitrogen and oxygen atoms in total. The van der Waals surface area contributed by atoms with Crippen LogP contribution < -0.4 is 0 Å². The number of nitrogens with one attached hydrogen (secondary N) is 1. The molecule has 1 N–H and O–H groups in total. The van der Waals surface area contributed by atoms with E-state index in [0.717, 1.165) is 33.5 Å². The van der Waals surface area contributed by atoms with E-state index in [1.165, 1.54) is 0 Å². The summed E-state index contributed by atoms with van der Waals surface area (Å²) >= 11 is 5.27. The zero-order chi connectivity index (χ0) is 13.4. The number of benzene rings is 1. The molecule has 0 aliphatic heterocycles. The smallest absolute Gasteiger partial charge is 0.133 e. The summed E-state index contributed by atoms with van der Waals surface area (Å²) in [7, 11) is 0. The molecule has 19 heavy (non-hydrogen) atoms. The molecule has 0 radical (unpaired) electrons. The van der Waals surface area contributed by atoms with E-state index in [-0.39, 0.29) is 0 Å². The van der Waals surface area contributed by atoms with Crippen LogP contribution in [-0.4, -0.2) is 15.0 Å². The first-order valence-electron chi connectivity index (χ1n) is 6.08. The second kappa shape index (κ2) is 4.55. The minimum atomic E-state index is 0.638. The summed E-state index contributed by atoms with van der Waals surface area (Å²) in [5, 5.41) is 1.12. The van der Waals surface area contributed by atoms with Crippen LogP contribution in [0.5, 0.6) is 0 Å². The number of pyridine rings is 1. The molecule has 0 spiro atoms. The van der Waals surface area contributed by atoms with E-state index in [4.69, 9.17) is 12.2 Å². The fraction of sp³-hybridized carbons (Fsp3) is 0.133. The van der Waals surface area contributed by atoms with Crippen molar-refractivity contribution in [2.45, 2.75) is 13.8 Å². The summed E-state index contributed by atoms with van der Waals surface area (Å²) in [6, 6.07) is 10.2. The van der Waals surface area contributed by atoms with E-state index in [1.54, 1.807) is 0 Å². The number of aryl methyl sites for hydroxylation is 1. The van der Waals surface area contributed by atoms with Crippen molar-refractivity contribution in [3.63, 3.8) is 0 Å². The van der Waals surface area contributed by atoms with Gasteiger partial charge in [0.15, 0.2) is 0 Å². The van der Waals surface area contributed by atoms with Gasteiger partial charge in [-0.3, -0.25) is 4.98 Å². The number of nitrogens with zero attached hydrogens (tertiary/aromatic N) is 2. The zero-order valence-electron chi connectivity index (χ0n) is 10.8. The van der Waals surface area contributed by atoms with Gasteiger partial charge >= 0.3 is 0 Å². The second-order valence-electron chi connectivity index (χ2n) is 4.54. The first kappa shape index (κ1) is 12.0. The molecule has 0 aliphatic carbocycles. The van der Waals surface area contributed by atoms with Crippen molar-refractivity contribution in [3.8, 4) is 11.3 Å². The number of para-hydroxylation sites is 1. The molecule has 2 aromatic heterocycles. The normalized spacial score (nSPS) is 10.8. The third-order valence-corrected chi connectivity index (χ3v) is 3.55. The van der Waals surface area contributed by atoms with Gasteiger partial charge < -0.3 is 4.98 Å². The third kappa shape index (κ3) is 2.15. The fourth-order valence-corrected chi connectivity index (χ4v) is 2.38. The first-order chi connectivity index (χ1) is 9.15. The Labute approximate surface area is 116 Å². The molecule has 2 heterocycles. The van der Waals surface area contributed by atoms with Gasteiger partial charge in [0.25, 0.3) is 0 Å². The SMILES string of the molecule is Cc1nc(=S)c(C)c(-c2cnc3ccccc3c2)[nH]1. The summed E-state index contributed by atoms with van der Waals surface area (Å²) in [5.41, 5.74) is 4.01. The molecule has 0 saturated heterocycles. The van der Waals surface area contributed by atoms with Gasteiger partial charge in [0.1, 0.15) is 10.5 Å². The molecule has 3 aromatic rings. The summed E-state index contributed by atoms with van der Waals surface area (Å²) in [5.74, 6) is 0.818. The third-order valence-electron chi connectivity index (χ3n) is 3.15. The quantitative estimate of drug-likeness (QED) is 0.678. The molecule has 94 valence electrons. The lowest BCUT2D eigenvalue weighted by Crippen LogP contribution is -1.96. The number of fused-ring (bicyclic) bond motifs is 1. The van der Waals surface area contributed by atoms with Crippen LogP contribution >= 0.6 is 12.2 Å². The minimum absolute atomic E-state index is 0.638. The highest BCUT2D eigenvalue weighted by atomic mass is 32.1. The number of aromatic nitrogens is 3. The number of rotatable bonds is 1. The van der Waals surface area contributed by atoms with Crippen molar-refractivity contribution >= 4 is 23.1 Å². The Kier molecular flexibility index (Phi) is 2.87.